The van der Waals surface area contributed by atoms with E-state index in [-0.39, 0.29) is 11.3 Å². The molecule has 0 aliphatic carbocycles. The molecule has 1 unspecified atom stereocenters. The quantitative estimate of drug-likeness (QED) is 0.321. The summed E-state index contributed by atoms with van der Waals surface area (Å²) in [6.45, 7) is 3.79. The Bertz CT molecular complexity index is 1230. The maximum Gasteiger partial charge on any atom is 0.300 e. The Balaban J connectivity index is 1.94. The van der Waals surface area contributed by atoms with Crippen LogP contribution in [0.2, 0.25) is 5.02 Å². The Hall–Kier alpha value is -3.57. The summed E-state index contributed by atoms with van der Waals surface area (Å²) in [6.07, 6.45) is 0. The molecule has 32 heavy (non-hydrogen) atoms. The second-order valence-electron chi connectivity index (χ2n) is 7.74. The lowest BCUT2D eigenvalue weighted by Gasteiger charge is -2.26. The minimum Gasteiger partial charge on any atom is -0.507 e. The van der Waals surface area contributed by atoms with Crippen molar-refractivity contribution in [2.45, 2.75) is 19.9 Å². The van der Waals surface area contributed by atoms with Gasteiger partial charge in [0.05, 0.1) is 18.7 Å². The number of halogens is 1. The number of aryl methyl sites for hydroxylation is 2. The lowest BCUT2D eigenvalue weighted by molar-refractivity contribution is -0.132. The number of carbonyl (C=O) groups excluding carboxylic acids is 2. The molecule has 0 aromatic heterocycles. The highest BCUT2D eigenvalue weighted by atomic mass is 35.5. The van der Waals surface area contributed by atoms with E-state index in [1.165, 1.54) is 4.90 Å². The predicted octanol–water partition coefficient (Wildman–Crippen LogP) is 5.59. The van der Waals surface area contributed by atoms with Crippen LogP contribution in [-0.2, 0) is 9.59 Å². The molecule has 0 saturated carbocycles. The first-order valence-electron chi connectivity index (χ1n) is 10.1. The highest BCUT2D eigenvalue weighted by Gasteiger charge is 2.47. The molecular formula is C26H22ClNO4. The van der Waals surface area contributed by atoms with E-state index in [0.29, 0.717) is 27.6 Å². The zero-order valence-electron chi connectivity index (χ0n) is 17.9. The molecule has 0 spiro atoms. The molecular weight excluding hydrogens is 426 g/mol. The average Bonchev–Trinajstić information content (AvgIpc) is 3.06. The monoisotopic (exact) mass is 447 g/mol. The van der Waals surface area contributed by atoms with Crippen LogP contribution in [0.5, 0.6) is 5.75 Å². The van der Waals surface area contributed by atoms with Gasteiger partial charge in [0.25, 0.3) is 11.7 Å². The van der Waals surface area contributed by atoms with Crippen molar-refractivity contribution in [2.24, 2.45) is 0 Å². The smallest absolute Gasteiger partial charge is 0.300 e. The van der Waals surface area contributed by atoms with Crippen molar-refractivity contribution in [1.82, 2.24) is 0 Å². The van der Waals surface area contributed by atoms with Crippen LogP contribution in [0.4, 0.5) is 5.69 Å². The van der Waals surface area contributed by atoms with Crippen LogP contribution >= 0.6 is 11.6 Å². The van der Waals surface area contributed by atoms with Crippen molar-refractivity contribution in [2.75, 3.05) is 12.0 Å². The van der Waals surface area contributed by atoms with E-state index in [1.807, 2.05) is 26.0 Å². The van der Waals surface area contributed by atoms with E-state index in [4.69, 9.17) is 16.3 Å². The predicted molar refractivity (Wildman–Crippen MR) is 125 cm³/mol. The molecule has 1 heterocycles. The van der Waals surface area contributed by atoms with E-state index < -0.39 is 17.7 Å². The number of hydrogen-bond donors (Lipinski definition) is 1. The normalized spacial score (nSPS) is 17.6. The second-order valence-corrected chi connectivity index (χ2v) is 8.15. The molecule has 3 aromatic rings. The van der Waals surface area contributed by atoms with Crippen molar-refractivity contribution in [3.63, 3.8) is 0 Å². The van der Waals surface area contributed by atoms with Gasteiger partial charge in [-0.05, 0) is 49.2 Å². The number of rotatable bonds is 4. The highest BCUT2D eigenvalue weighted by Crippen LogP contribution is 2.43. The number of hydrogen-bond acceptors (Lipinski definition) is 4. The first-order valence-corrected chi connectivity index (χ1v) is 10.5. The van der Waals surface area contributed by atoms with Crippen LogP contribution in [0.15, 0.2) is 72.3 Å². The number of ketones is 1. The summed E-state index contributed by atoms with van der Waals surface area (Å²) in [6, 6.07) is 18.6. The number of amides is 1. The molecule has 4 rings (SSSR count). The van der Waals surface area contributed by atoms with Crippen LogP contribution in [0.3, 0.4) is 0 Å². The van der Waals surface area contributed by atoms with E-state index >= 15 is 0 Å². The van der Waals surface area contributed by atoms with Crippen LogP contribution < -0.4 is 9.64 Å². The van der Waals surface area contributed by atoms with E-state index in [2.05, 4.69) is 0 Å². The molecule has 1 N–H and O–H groups in total. The van der Waals surface area contributed by atoms with Gasteiger partial charge in [0, 0.05) is 16.3 Å². The molecule has 1 aliphatic rings. The van der Waals surface area contributed by atoms with Crippen LogP contribution in [-0.4, -0.2) is 23.9 Å². The number of carbonyl (C=O) groups is 2. The molecule has 1 amide bonds. The summed E-state index contributed by atoms with van der Waals surface area (Å²) >= 11 is 6.32. The summed E-state index contributed by atoms with van der Waals surface area (Å²) in [5.41, 5.74) is 3.51. The number of aliphatic hydroxyl groups excluding tert-OH is 1. The zero-order chi connectivity index (χ0) is 23.0. The number of nitrogens with zero attached hydrogens (tertiary/aromatic N) is 1. The largest absolute Gasteiger partial charge is 0.507 e. The zero-order valence-corrected chi connectivity index (χ0v) is 18.7. The van der Waals surface area contributed by atoms with Crippen molar-refractivity contribution < 1.29 is 19.4 Å². The third-order valence-corrected chi connectivity index (χ3v) is 6.04. The topological polar surface area (TPSA) is 66.8 Å². The molecule has 1 aliphatic heterocycles. The third kappa shape index (κ3) is 3.76. The molecule has 1 atom stereocenters. The molecule has 0 bridgehead atoms. The maximum absolute atomic E-state index is 13.2. The molecule has 0 radical (unpaired) electrons. The Morgan fingerprint density at radius 3 is 2.22 bits per heavy atom. The van der Waals surface area contributed by atoms with Gasteiger partial charge in [-0.1, -0.05) is 59.6 Å². The van der Waals surface area contributed by atoms with Crippen molar-refractivity contribution in [3.05, 3.63) is 99.6 Å². The van der Waals surface area contributed by atoms with Gasteiger partial charge in [0.2, 0.25) is 0 Å². The van der Waals surface area contributed by atoms with Crippen molar-refractivity contribution in [1.29, 1.82) is 0 Å². The molecule has 1 fully saturated rings. The Morgan fingerprint density at radius 1 is 0.969 bits per heavy atom. The SMILES string of the molecule is COc1ccc(C2/C(=C(\O)c3ccc(C)cc3)C(=O)C(=O)N2c2ccc(C)c(Cl)c2)cc1. The average molecular weight is 448 g/mol. The summed E-state index contributed by atoms with van der Waals surface area (Å²) in [5.74, 6) is -1.05. The number of benzene rings is 3. The minimum absolute atomic E-state index is 0.0284. The van der Waals surface area contributed by atoms with Gasteiger partial charge in [0.1, 0.15) is 11.5 Å². The van der Waals surface area contributed by atoms with Crippen molar-refractivity contribution >= 4 is 34.7 Å². The van der Waals surface area contributed by atoms with Gasteiger partial charge < -0.3 is 9.84 Å². The fraction of sp³-hybridized carbons (Fsp3) is 0.154. The van der Waals surface area contributed by atoms with Gasteiger partial charge in [-0.3, -0.25) is 14.5 Å². The fourth-order valence-corrected chi connectivity index (χ4v) is 3.97. The van der Waals surface area contributed by atoms with E-state index in [0.717, 1.165) is 11.1 Å². The first-order chi connectivity index (χ1) is 15.3. The maximum atomic E-state index is 13.2. The Morgan fingerprint density at radius 2 is 1.62 bits per heavy atom. The number of ether oxygens (including phenoxy) is 1. The Labute approximate surface area is 191 Å². The van der Waals surface area contributed by atoms with Gasteiger partial charge in [-0.25, -0.2) is 0 Å². The fourth-order valence-electron chi connectivity index (χ4n) is 3.80. The van der Waals surface area contributed by atoms with Crippen LogP contribution in [0.25, 0.3) is 5.76 Å². The lowest BCUT2D eigenvalue weighted by atomic mass is 9.94. The first kappa shape index (κ1) is 21.7. The summed E-state index contributed by atoms with van der Waals surface area (Å²) in [5, 5.41) is 11.6. The summed E-state index contributed by atoms with van der Waals surface area (Å²) in [7, 11) is 1.56. The number of anilines is 1. The van der Waals surface area contributed by atoms with Gasteiger partial charge >= 0.3 is 0 Å². The summed E-state index contributed by atoms with van der Waals surface area (Å²) in [4.78, 5) is 27.7. The lowest BCUT2D eigenvalue weighted by Crippen LogP contribution is -2.29. The van der Waals surface area contributed by atoms with Gasteiger partial charge in [-0.2, -0.15) is 0 Å². The van der Waals surface area contributed by atoms with Crippen molar-refractivity contribution in [3.8, 4) is 5.75 Å². The van der Waals surface area contributed by atoms with E-state index in [9.17, 15) is 14.7 Å². The van der Waals surface area contributed by atoms with E-state index in [1.54, 1.807) is 61.7 Å². The van der Waals surface area contributed by atoms with Gasteiger partial charge in [0.15, 0.2) is 0 Å². The standard InChI is InChI=1S/C26H22ClNO4/c1-15-4-7-18(8-5-15)24(29)22-23(17-9-12-20(32-3)13-10-17)28(26(31)25(22)30)19-11-6-16(2)21(27)14-19/h4-14,23,29H,1-3H3/b24-22+. The number of methoxy groups -OCH3 is 1. The Kier molecular flexibility index (Phi) is 5.76. The number of aliphatic hydroxyl groups is 1. The minimum atomic E-state index is -0.819. The highest BCUT2D eigenvalue weighted by molar-refractivity contribution is 6.51. The molecule has 162 valence electrons. The molecule has 6 heteroatoms. The molecule has 3 aromatic carbocycles. The molecule has 5 nitrogen and oxygen atoms in total. The molecule has 1 saturated heterocycles. The van der Waals surface area contributed by atoms with Gasteiger partial charge in [-0.15, -0.1) is 0 Å². The van der Waals surface area contributed by atoms with Crippen LogP contribution in [0, 0.1) is 13.8 Å². The second kappa shape index (κ2) is 8.52. The number of Topliss-reactive ketones (excluding diaryl/α,β-unsaturated/α-hetero) is 1. The third-order valence-electron chi connectivity index (χ3n) is 5.63. The summed E-state index contributed by atoms with van der Waals surface area (Å²) < 4.78 is 5.24. The van der Waals surface area contributed by atoms with Crippen LogP contribution in [0.1, 0.15) is 28.3 Å².